The molecule has 7 aromatic carbocycles. The Morgan fingerprint density at radius 3 is 2.10 bits per heavy atom. The van der Waals surface area contributed by atoms with Gasteiger partial charge in [-0.05, 0) is 53.6 Å². The van der Waals surface area contributed by atoms with Gasteiger partial charge in [0.05, 0.1) is 16.7 Å². The van der Waals surface area contributed by atoms with E-state index in [1.54, 1.807) is 0 Å². The maximum Gasteiger partial charge on any atom is 0.162 e. The predicted molar refractivity (Wildman–Crippen MR) is 213 cm³/mol. The summed E-state index contributed by atoms with van der Waals surface area (Å²) >= 11 is 1.85. The van der Waals surface area contributed by atoms with E-state index in [1.165, 1.54) is 30.9 Å². The summed E-state index contributed by atoms with van der Waals surface area (Å²) in [5.74, 6) is 1.46. The smallest absolute Gasteiger partial charge is 0.162 e. The number of rotatable bonds is 4. The highest BCUT2D eigenvalue weighted by atomic mass is 32.1. The van der Waals surface area contributed by atoms with Crippen molar-refractivity contribution in [2.75, 3.05) is 0 Å². The number of benzene rings is 7. The van der Waals surface area contributed by atoms with Crippen molar-refractivity contribution in [3.63, 3.8) is 0 Å². The molecule has 0 aliphatic heterocycles. The highest BCUT2D eigenvalue weighted by molar-refractivity contribution is 7.25. The van der Waals surface area contributed by atoms with E-state index < -0.39 is 0 Å². The molecule has 0 fully saturated rings. The first kappa shape index (κ1) is 28.3. The number of furan rings is 1. The quantitative estimate of drug-likeness (QED) is 0.187. The molecule has 5 heteroatoms. The largest absolute Gasteiger partial charge is 0.455 e. The maximum atomic E-state index is 6.55. The molecule has 0 unspecified atom stereocenters. The molecule has 0 saturated heterocycles. The van der Waals surface area contributed by atoms with Gasteiger partial charge in [0.25, 0.3) is 0 Å². The SMILES string of the molecule is c1ccc(-c2cccc(-c3nc(-c4cccc5c4oc4ccccc45)cc(-n4c5ccccc5c5cc6sc7ccccc7c6cc54)n3)c2)cc1. The van der Waals surface area contributed by atoms with Gasteiger partial charge in [0.2, 0.25) is 0 Å². The molecule has 0 saturated carbocycles. The second-order valence-corrected chi connectivity index (χ2v) is 14.1. The molecule has 4 nitrogen and oxygen atoms in total. The lowest BCUT2D eigenvalue weighted by molar-refractivity contribution is 0.670. The van der Waals surface area contributed by atoms with Crippen molar-refractivity contribution < 1.29 is 4.42 Å². The van der Waals surface area contributed by atoms with Crippen LogP contribution in [0, 0.1) is 0 Å². The van der Waals surface area contributed by atoms with Crippen LogP contribution in [-0.2, 0) is 0 Å². The fourth-order valence-electron chi connectivity index (χ4n) is 7.67. The molecule has 11 rings (SSSR count). The Labute approximate surface area is 296 Å². The number of aromatic nitrogens is 3. The Morgan fingerprint density at radius 2 is 1.18 bits per heavy atom. The standard InChI is InChI=1S/C46H27N3OS/c1-2-12-28(13-3-1)29-14-10-15-30(24-29)46-47-38(35-20-11-19-34-32-17-5-8-22-41(32)50-45(34)35)27-44(48-46)49-39-21-7-4-16-31(39)36-26-43-37(25-40(36)49)33-18-6-9-23-42(33)51-43/h1-27H. The van der Waals surface area contributed by atoms with Crippen molar-refractivity contribution in [1.29, 1.82) is 0 Å². The molecule has 11 aromatic rings. The minimum absolute atomic E-state index is 0.654. The first-order valence-corrected chi connectivity index (χ1v) is 17.9. The van der Waals surface area contributed by atoms with E-state index in [-0.39, 0.29) is 0 Å². The number of thiophene rings is 1. The van der Waals surface area contributed by atoms with E-state index in [9.17, 15) is 0 Å². The molecule has 51 heavy (non-hydrogen) atoms. The van der Waals surface area contributed by atoms with Crippen LogP contribution in [0.3, 0.4) is 0 Å². The van der Waals surface area contributed by atoms with Gasteiger partial charge in [-0.3, -0.25) is 4.57 Å². The minimum Gasteiger partial charge on any atom is -0.455 e. The highest BCUT2D eigenvalue weighted by Crippen LogP contribution is 2.42. The predicted octanol–water partition coefficient (Wildman–Crippen LogP) is 12.8. The first-order valence-electron chi connectivity index (χ1n) is 17.1. The Kier molecular flexibility index (Phi) is 6.09. The molecule has 4 heterocycles. The molecule has 0 bridgehead atoms. The van der Waals surface area contributed by atoms with Gasteiger partial charge >= 0.3 is 0 Å². The summed E-state index contributed by atoms with van der Waals surface area (Å²) < 4.78 is 11.4. The Morgan fingerprint density at radius 1 is 0.451 bits per heavy atom. The fraction of sp³-hybridized carbons (Fsp3) is 0. The molecule has 0 radical (unpaired) electrons. The van der Waals surface area contributed by atoms with Crippen LogP contribution < -0.4 is 0 Å². The normalized spacial score (nSPS) is 11.9. The average Bonchev–Trinajstić information content (AvgIpc) is 3.86. The van der Waals surface area contributed by atoms with Gasteiger partial charge in [0.1, 0.15) is 17.0 Å². The Hall–Kier alpha value is -6.56. The van der Waals surface area contributed by atoms with Crippen LogP contribution in [-0.4, -0.2) is 14.5 Å². The van der Waals surface area contributed by atoms with E-state index in [2.05, 4.69) is 150 Å². The van der Waals surface area contributed by atoms with Gasteiger partial charge in [-0.2, -0.15) is 0 Å². The summed E-state index contributed by atoms with van der Waals surface area (Å²) in [5.41, 5.74) is 8.85. The summed E-state index contributed by atoms with van der Waals surface area (Å²) in [5, 5.41) is 7.09. The number of para-hydroxylation sites is 3. The van der Waals surface area contributed by atoms with E-state index in [4.69, 9.17) is 14.4 Å². The first-order chi connectivity index (χ1) is 25.3. The monoisotopic (exact) mass is 669 g/mol. The maximum absolute atomic E-state index is 6.55. The zero-order chi connectivity index (χ0) is 33.5. The summed E-state index contributed by atoms with van der Waals surface area (Å²) in [6.45, 7) is 0. The minimum atomic E-state index is 0.654. The van der Waals surface area contributed by atoms with E-state index >= 15 is 0 Å². The van der Waals surface area contributed by atoms with Gasteiger partial charge in [0, 0.05) is 58.9 Å². The van der Waals surface area contributed by atoms with Crippen LogP contribution in [0.15, 0.2) is 168 Å². The van der Waals surface area contributed by atoms with Crippen molar-refractivity contribution in [3.8, 4) is 39.6 Å². The van der Waals surface area contributed by atoms with Crippen molar-refractivity contribution in [2.24, 2.45) is 0 Å². The van der Waals surface area contributed by atoms with E-state index in [1.807, 2.05) is 29.5 Å². The number of hydrogen-bond donors (Lipinski definition) is 0. The molecular formula is C46H27N3OS. The van der Waals surface area contributed by atoms with Crippen LogP contribution >= 0.6 is 11.3 Å². The Bertz CT molecular complexity index is 3150. The number of nitrogens with zero attached hydrogens (tertiary/aromatic N) is 3. The summed E-state index contributed by atoms with van der Waals surface area (Å²) in [6, 6.07) is 57.7. The van der Waals surface area contributed by atoms with Crippen molar-refractivity contribution in [3.05, 3.63) is 164 Å². The molecular weight excluding hydrogens is 643 g/mol. The summed E-state index contributed by atoms with van der Waals surface area (Å²) in [6.07, 6.45) is 0. The third-order valence-corrected chi connectivity index (χ3v) is 11.2. The zero-order valence-electron chi connectivity index (χ0n) is 27.2. The van der Waals surface area contributed by atoms with Crippen LogP contribution in [0.4, 0.5) is 0 Å². The summed E-state index contributed by atoms with van der Waals surface area (Å²) in [4.78, 5) is 10.7. The number of fused-ring (bicyclic) bond motifs is 9. The zero-order valence-corrected chi connectivity index (χ0v) is 28.1. The van der Waals surface area contributed by atoms with Gasteiger partial charge < -0.3 is 4.42 Å². The molecule has 0 atom stereocenters. The third kappa shape index (κ3) is 4.38. The molecule has 0 aliphatic carbocycles. The molecule has 0 amide bonds. The highest BCUT2D eigenvalue weighted by Gasteiger charge is 2.20. The van der Waals surface area contributed by atoms with E-state index in [0.717, 1.165) is 66.7 Å². The Balaban J connectivity index is 1.22. The topological polar surface area (TPSA) is 43.9 Å². The van der Waals surface area contributed by atoms with Crippen molar-refractivity contribution >= 4 is 75.3 Å². The lowest BCUT2D eigenvalue weighted by Crippen LogP contribution is -2.02. The lowest BCUT2D eigenvalue weighted by atomic mass is 10.0. The van der Waals surface area contributed by atoms with Crippen LogP contribution in [0.2, 0.25) is 0 Å². The average molecular weight is 670 g/mol. The number of hydrogen-bond acceptors (Lipinski definition) is 4. The second kappa shape index (κ2) is 11.0. The molecule has 0 spiro atoms. The molecule has 238 valence electrons. The summed E-state index contributed by atoms with van der Waals surface area (Å²) in [7, 11) is 0. The van der Waals surface area contributed by atoms with Gasteiger partial charge in [-0.15, -0.1) is 11.3 Å². The van der Waals surface area contributed by atoms with Crippen LogP contribution in [0.1, 0.15) is 0 Å². The van der Waals surface area contributed by atoms with Gasteiger partial charge in [0.15, 0.2) is 5.82 Å². The second-order valence-electron chi connectivity index (χ2n) is 13.0. The van der Waals surface area contributed by atoms with E-state index in [0.29, 0.717) is 5.82 Å². The van der Waals surface area contributed by atoms with Gasteiger partial charge in [-0.1, -0.05) is 115 Å². The van der Waals surface area contributed by atoms with Crippen LogP contribution in [0.25, 0.3) is 104 Å². The van der Waals surface area contributed by atoms with Crippen molar-refractivity contribution in [2.45, 2.75) is 0 Å². The fourth-order valence-corrected chi connectivity index (χ4v) is 8.79. The van der Waals surface area contributed by atoms with Gasteiger partial charge in [-0.25, -0.2) is 9.97 Å². The van der Waals surface area contributed by atoms with Crippen LogP contribution in [0.5, 0.6) is 0 Å². The lowest BCUT2D eigenvalue weighted by Gasteiger charge is -2.13. The molecule has 0 aliphatic rings. The third-order valence-electron chi connectivity index (χ3n) is 10.0. The molecule has 0 N–H and O–H groups in total. The van der Waals surface area contributed by atoms with Crippen molar-refractivity contribution in [1.82, 2.24) is 14.5 Å². The molecule has 4 aromatic heterocycles.